The molecule has 1 fully saturated rings. The summed E-state index contributed by atoms with van der Waals surface area (Å²) in [4.78, 5) is 5.70. The number of benzene rings is 3. The molecule has 5 heteroatoms. The van der Waals surface area contributed by atoms with Gasteiger partial charge in [0.05, 0.1) is 20.3 Å². The Morgan fingerprint density at radius 2 is 1.29 bits per heavy atom. The van der Waals surface area contributed by atoms with E-state index in [1.165, 1.54) is 11.1 Å². The number of rotatable bonds is 6. The lowest BCUT2D eigenvalue weighted by molar-refractivity contribution is 0.152. The van der Waals surface area contributed by atoms with Gasteiger partial charge in [-0.05, 0) is 29.3 Å². The minimum absolute atomic E-state index is 0.249. The van der Waals surface area contributed by atoms with Gasteiger partial charge in [-0.1, -0.05) is 72.9 Å². The fourth-order valence-corrected chi connectivity index (χ4v) is 4.53. The van der Waals surface area contributed by atoms with E-state index in [-0.39, 0.29) is 6.04 Å². The Balaban J connectivity index is 1.50. The van der Waals surface area contributed by atoms with Crippen LogP contribution < -0.4 is 9.47 Å². The maximum Gasteiger partial charge on any atom is 0.161 e. The van der Waals surface area contributed by atoms with Crippen LogP contribution in [0.4, 0.5) is 0 Å². The summed E-state index contributed by atoms with van der Waals surface area (Å²) >= 11 is 5.83. The van der Waals surface area contributed by atoms with E-state index in [0.29, 0.717) is 11.5 Å². The summed E-state index contributed by atoms with van der Waals surface area (Å²) in [5, 5.41) is 0. The number of methoxy groups -OCH3 is 2. The van der Waals surface area contributed by atoms with Crippen molar-refractivity contribution in [1.29, 1.82) is 0 Å². The van der Waals surface area contributed by atoms with Gasteiger partial charge in [0, 0.05) is 31.7 Å². The number of hydrogen-bond acceptors (Lipinski definition) is 4. The van der Waals surface area contributed by atoms with E-state index in [2.05, 4.69) is 70.5 Å². The van der Waals surface area contributed by atoms with Gasteiger partial charge in [-0.3, -0.25) is 4.90 Å². The smallest absolute Gasteiger partial charge is 0.161 e. The van der Waals surface area contributed by atoms with E-state index >= 15 is 0 Å². The lowest BCUT2D eigenvalue weighted by Crippen LogP contribution is -2.49. The highest BCUT2D eigenvalue weighted by Gasteiger charge is 2.27. The van der Waals surface area contributed by atoms with Crippen LogP contribution in [0.25, 0.3) is 0 Å². The van der Waals surface area contributed by atoms with Gasteiger partial charge >= 0.3 is 0 Å². The van der Waals surface area contributed by atoms with E-state index in [1.54, 1.807) is 14.2 Å². The maximum absolute atomic E-state index is 5.83. The molecule has 3 aromatic rings. The largest absolute Gasteiger partial charge is 0.493 e. The lowest BCUT2D eigenvalue weighted by Gasteiger charge is -2.40. The van der Waals surface area contributed by atoms with Crippen LogP contribution in [0.5, 0.6) is 11.5 Å². The lowest BCUT2D eigenvalue weighted by atomic mass is 9.96. The minimum Gasteiger partial charge on any atom is -0.493 e. The molecule has 160 valence electrons. The molecule has 31 heavy (non-hydrogen) atoms. The Kier molecular flexibility index (Phi) is 6.85. The van der Waals surface area contributed by atoms with Crippen molar-refractivity contribution in [2.24, 2.45) is 0 Å². The zero-order valence-corrected chi connectivity index (χ0v) is 18.8. The first-order valence-corrected chi connectivity index (χ1v) is 11.0. The molecule has 0 N–H and O–H groups in total. The molecule has 1 saturated heterocycles. The third-order valence-corrected chi connectivity index (χ3v) is 6.32. The summed E-state index contributed by atoms with van der Waals surface area (Å²) in [5.74, 6) is 1.42. The molecule has 4 nitrogen and oxygen atoms in total. The molecule has 0 spiro atoms. The third-order valence-electron chi connectivity index (χ3n) is 5.83. The molecule has 0 radical (unpaired) electrons. The highest BCUT2D eigenvalue weighted by molar-refractivity contribution is 7.80. The van der Waals surface area contributed by atoms with Gasteiger partial charge in [0.25, 0.3) is 0 Å². The monoisotopic (exact) mass is 432 g/mol. The van der Waals surface area contributed by atoms with Crippen LogP contribution in [0.2, 0.25) is 0 Å². The number of ether oxygens (including phenoxy) is 2. The first-order chi connectivity index (χ1) is 15.2. The summed E-state index contributed by atoms with van der Waals surface area (Å²) in [7, 11) is 3.29. The van der Waals surface area contributed by atoms with Crippen molar-refractivity contribution in [3.8, 4) is 11.5 Å². The zero-order valence-electron chi connectivity index (χ0n) is 18.0. The molecule has 0 aliphatic carbocycles. The third kappa shape index (κ3) is 4.73. The predicted octanol–water partition coefficient (Wildman–Crippen LogP) is 4.79. The molecule has 3 aromatic carbocycles. The Labute approximate surface area is 190 Å². The Morgan fingerprint density at radius 3 is 1.81 bits per heavy atom. The van der Waals surface area contributed by atoms with E-state index in [1.807, 2.05) is 18.2 Å². The molecule has 0 atom stereocenters. The molecular weight excluding hydrogens is 404 g/mol. The van der Waals surface area contributed by atoms with Crippen molar-refractivity contribution < 1.29 is 9.47 Å². The van der Waals surface area contributed by atoms with Crippen LogP contribution in [0.15, 0.2) is 78.9 Å². The van der Waals surface area contributed by atoms with Gasteiger partial charge in [-0.25, -0.2) is 0 Å². The number of hydrogen-bond donors (Lipinski definition) is 0. The van der Waals surface area contributed by atoms with Gasteiger partial charge < -0.3 is 14.4 Å². The van der Waals surface area contributed by atoms with Crippen molar-refractivity contribution in [1.82, 2.24) is 9.80 Å². The molecule has 1 aliphatic rings. The number of thiocarbonyl (C=S) groups is 1. The summed E-state index contributed by atoms with van der Waals surface area (Å²) in [5.41, 5.74) is 3.64. The van der Waals surface area contributed by atoms with Crippen LogP contribution in [0, 0.1) is 0 Å². The summed E-state index contributed by atoms with van der Waals surface area (Å²) in [6.07, 6.45) is 0. The second-order valence-corrected chi connectivity index (χ2v) is 8.01. The van der Waals surface area contributed by atoms with Gasteiger partial charge in [-0.15, -0.1) is 0 Å². The zero-order chi connectivity index (χ0) is 21.6. The molecule has 0 aromatic heterocycles. The summed E-state index contributed by atoms with van der Waals surface area (Å²) < 4.78 is 10.8. The molecule has 0 bridgehead atoms. The van der Waals surface area contributed by atoms with E-state index in [0.717, 1.165) is 36.7 Å². The van der Waals surface area contributed by atoms with Crippen molar-refractivity contribution in [2.45, 2.75) is 6.04 Å². The topological polar surface area (TPSA) is 24.9 Å². The van der Waals surface area contributed by atoms with Crippen molar-refractivity contribution in [3.05, 3.63) is 95.6 Å². The Hall–Kier alpha value is -2.89. The molecule has 1 heterocycles. The molecule has 0 amide bonds. The fourth-order valence-electron chi connectivity index (χ4n) is 4.22. The average Bonchev–Trinajstić information content (AvgIpc) is 2.85. The van der Waals surface area contributed by atoms with E-state index < -0.39 is 0 Å². The van der Waals surface area contributed by atoms with Gasteiger partial charge in [0.15, 0.2) is 11.5 Å². The minimum atomic E-state index is 0.249. The highest BCUT2D eigenvalue weighted by Crippen LogP contribution is 2.31. The van der Waals surface area contributed by atoms with Crippen molar-refractivity contribution >= 4 is 17.2 Å². The summed E-state index contributed by atoms with van der Waals surface area (Å²) in [6.45, 7) is 3.68. The fraction of sp³-hybridized carbons (Fsp3) is 0.269. The second kappa shape index (κ2) is 9.94. The molecule has 0 unspecified atom stereocenters. The van der Waals surface area contributed by atoms with Gasteiger partial charge in [-0.2, -0.15) is 0 Å². The van der Waals surface area contributed by atoms with Gasteiger partial charge in [0.2, 0.25) is 0 Å². The molecule has 0 saturated carbocycles. The molecular formula is C26H28N2O2S. The second-order valence-electron chi connectivity index (χ2n) is 7.62. The number of piperazine rings is 1. The molecule has 4 rings (SSSR count). The normalized spacial score (nSPS) is 14.5. The first-order valence-electron chi connectivity index (χ1n) is 10.6. The SMILES string of the molecule is COc1ccc(C(=S)N2CCN(C(c3ccccc3)c3ccccc3)CC2)cc1OC. The van der Waals surface area contributed by atoms with Crippen LogP contribution in [-0.4, -0.2) is 55.2 Å². The summed E-state index contributed by atoms with van der Waals surface area (Å²) in [6, 6.07) is 27.6. The van der Waals surface area contributed by atoms with E-state index in [4.69, 9.17) is 21.7 Å². The average molecular weight is 433 g/mol. The highest BCUT2D eigenvalue weighted by atomic mass is 32.1. The van der Waals surface area contributed by atoms with Crippen molar-refractivity contribution in [3.63, 3.8) is 0 Å². The van der Waals surface area contributed by atoms with E-state index in [9.17, 15) is 0 Å². The van der Waals surface area contributed by atoms with Crippen LogP contribution in [-0.2, 0) is 0 Å². The van der Waals surface area contributed by atoms with Crippen molar-refractivity contribution in [2.75, 3.05) is 40.4 Å². The standard InChI is InChI=1S/C26H28N2O2S/c1-29-23-14-13-22(19-24(23)30-2)26(31)28-17-15-27(16-18-28)25(20-9-5-3-6-10-20)21-11-7-4-8-12-21/h3-14,19,25H,15-18H2,1-2H3. The predicted molar refractivity (Wildman–Crippen MR) is 129 cm³/mol. The van der Waals surface area contributed by atoms with Crippen LogP contribution in [0.1, 0.15) is 22.7 Å². The number of nitrogens with zero attached hydrogens (tertiary/aromatic N) is 2. The molecule has 1 aliphatic heterocycles. The van der Waals surface area contributed by atoms with Crippen LogP contribution >= 0.6 is 12.2 Å². The van der Waals surface area contributed by atoms with Crippen LogP contribution in [0.3, 0.4) is 0 Å². The first kappa shape index (κ1) is 21.3. The Bertz CT molecular complexity index is 963. The quantitative estimate of drug-likeness (QED) is 0.522. The maximum atomic E-state index is 5.83. The van der Waals surface area contributed by atoms with Gasteiger partial charge in [0.1, 0.15) is 4.99 Å². The Morgan fingerprint density at radius 1 is 0.742 bits per heavy atom.